The molecule has 0 radical (unpaired) electrons. The minimum absolute atomic E-state index is 0.0207. The van der Waals surface area contributed by atoms with Gasteiger partial charge in [0.25, 0.3) is 11.8 Å². The van der Waals surface area contributed by atoms with Crippen molar-refractivity contribution in [1.82, 2.24) is 20.2 Å². The molecule has 3 aromatic rings. The van der Waals surface area contributed by atoms with Crippen molar-refractivity contribution in [2.24, 2.45) is 0 Å². The first-order chi connectivity index (χ1) is 18.7. The fraction of sp³-hybridized carbons (Fsp3) is 0.346. The van der Waals surface area contributed by atoms with Gasteiger partial charge in [-0.05, 0) is 49.4 Å². The van der Waals surface area contributed by atoms with E-state index in [2.05, 4.69) is 25.9 Å². The summed E-state index contributed by atoms with van der Waals surface area (Å²) < 4.78 is 53.2. The number of carbonyl (C=O) groups is 1. The van der Waals surface area contributed by atoms with Crippen molar-refractivity contribution in [3.8, 4) is 17.4 Å². The van der Waals surface area contributed by atoms with Crippen LogP contribution in [-0.2, 0) is 12.7 Å². The second-order valence-electron chi connectivity index (χ2n) is 9.21. The number of alkyl halides is 3. The topological polar surface area (TPSA) is 101 Å². The van der Waals surface area contributed by atoms with Crippen LogP contribution in [0, 0.1) is 0 Å². The van der Waals surface area contributed by atoms with E-state index in [4.69, 9.17) is 21.1 Å². The van der Waals surface area contributed by atoms with Crippen LogP contribution in [0.1, 0.15) is 27.9 Å². The number of halogens is 4. The zero-order valence-corrected chi connectivity index (χ0v) is 21.7. The predicted molar refractivity (Wildman–Crippen MR) is 140 cm³/mol. The molecule has 3 N–H and O–H groups in total. The van der Waals surface area contributed by atoms with Crippen LogP contribution in [0.2, 0.25) is 5.02 Å². The molecular formula is C26H26ClF3N6O3. The fourth-order valence-electron chi connectivity index (χ4n) is 4.55. The summed E-state index contributed by atoms with van der Waals surface area (Å²) in [6.07, 6.45) is -2.40. The highest BCUT2D eigenvalue weighted by Gasteiger charge is 2.35. The quantitative estimate of drug-likeness (QED) is 0.378. The van der Waals surface area contributed by atoms with Crippen molar-refractivity contribution < 1.29 is 27.4 Å². The van der Waals surface area contributed by atoms with Gasteiger partial charge in [0.1, 0.15) is 18.7 Å². The van der Waals surface area contributed by atoms with Gasteiger partial charge in [-0.15, -0.1) is 0 Å². The van der Waals surface area contributed by atoms with Crippen molar-refractivity contribution in [2.75, 3.05) is 43.9 Å². The number of hydrogen-bond acceptors (Lipinski definition) is 8. The van der Waals surface area contributed by atoms with Crippen molar-refractivity contribution in [3.05, 3.63) is 64.4 Å². The van der Waals surface area contributed by atoms with E-state index in [1.54, 1.807) is 0 Å². The molecule has 0 spiro atoms. The predicted octanol–water partition coefficient (Wildman–Crippen LogP) is 4.79. The van der Waals surface area contributed by atoms with Crippen LogP contribution in [0.4, 0.5) is 24.7 Å². The first-order valence-corrected chi connectivity index (χ1v) is 12.7. The van der Waals surface area contributed by atoms with E-state index < -0.39 is 17.6 Å². The van der Waals surface area contributed by atoms with Gasteiger partial charge >= 0.3 is 6.18 Å². The fourth-order valence-corrected chi connectivity index (χ4v) is 4.70. The zero-order valence-electron chi connectivity index (χ0n) is 20.9. The van der Waals surface area contributed by atoms with Gasteiger partial charge < -0.3 is 25.4 Å². The Morgan fingerprint density at radius 2 is 2.10 bits per heavy atom. The van der Waals surface area contributed by atoms with Crippen molar-refractivity contribution in [3.63, 3.8) is 0 Å². The molecule has 1 saturated heterocycles. The summed E-state index contributed by atoms with van der Waals surface area (Å²) in [6.45, 7) is 2.52. The Balaban J connectivity index is 1.34. The number of hydrogen-bond donors (Lipinski definition) is 3. The molecule has 0 aliphatic carbocycles. The summed E-state index contributed by atoms with van der Waals surface area (Å²) >= 11 is 6.28. The monoisotopic (exact) mass is 562 g/mol. The molecular weight excluding hydrogens is 537 g/mol. The van der Waals surface area contributed by atoms with E-state index in [0.29, 0.717) is 37.8 Å². The maximum atomic E-state index is 13.9. The Morgan fingerprint density at radius 1 is 1.26 bits per heavy atom. The van der Waals surface area contributed by atoms with Crippen LogP contribution >= 0.6 is 11.6 Å². The van der Waals surface area contributed by atoms with Gasteiger partial charge in [0.15, 0.2) is 5.82 Å². The third kappa shape index (κ3) is 6.18. The summed E-state index contributed by atoms with van der Waals surface area (Å²) in [4.78, 5) is 23.2. The molecule has 13 heteroatoms. The molecule has 2 aliphatic heterocycles. The molecule has 3 heterocycles. The highest BCUT2D eigenvalue weighted by Crippen LogP contribution is 2.39. The van der Waals surface area contributed by atoms with E-state index in [9.17, 15) is 18.0 Å². The van der Waals surface area contributed by atoms with Gasteiger partial charge in [0, 0.05) is 36.9 Å². The van der Waals surface area contributed by atoms with Crippen molar-refractivity contribution in [2.45, 2.75) is 25.2 Å². The number of likely N-dealkylation sites (N-methyl/N-ethyl adjacent to an activating group) is 1. The molecule has 5 rings (SSSR count). The number of nitrogens with one attached hydrogen (secondary N) is 3. The molecule has 0 saturated carbocycles. The van der Waals surface area contributed by atoms with Crippen molar-refractivity contribution >= 4 is 29.0 Å². The van der Waals surface area contributed by atoms with Crippen LogP contribution in [0.25, 0.3) is 0 Å². The number of rotatable bonds is 7. The molecule has 2 aromatic carbocycles. The van der Waals surface area contributed by atoms with Gasteiger partial charge in [-0.1, -0.05) is 17.7 Å². The van der Waals surface area contributed by atoms with Gasteiger partial charge in [-0.3, -0.25) is 9.69 Å². The summed E-state index contributed by atoms with van der Waals surface area (Å²) in [5.41, 5.74) is -0.476. The summed E-state index contributed by atoms with van der Waals surface area (Å²) in [7, 11) is 1.84. The third-order valence-electron chi connectivity index (χ3n) is 6.56. The number of nitrogens with zero attached hydrogens (tertiary/aromatic N) is 3. The Kier molecular flexibility index (Phi) is 7.78. The van der Waals surface area contributed by atoms with Crippen molar-refractivity contribution in [1.29, 1.82) is 0 Å². The molecule has 2 aliphatic rings. The van der Waals surface area contributed by atoms with Gasteiger partial charge in [0.2, 0.25) is 5.75 Å². The number of aromatic nitrogens is 2. The SMILES string of the molecule is CNC1CCN(Cc2ccc(NC(=O)c3ccc(Cl)c(Oc4ncnc5c4OCCN5)c3)cc2C(F)(F)F)C1. The summed E-state index contributed by atoms with van der Waals surface area (Å²) in [5.74, 6) is 0.375. The first kappa shape index (κ1) is 27.0. The first-order valence-electron chi connectivity index (χ1n) is 12.3. The number of ether oxygens (including phenoxy) is 2. The maximum Gasteiger partial charge on any atom is 0.416 e. The Hall–Kier alpha value is -3.61. The van der Waals surface area contributed by atoms with Crippen LogP contribution in [0.5, 0.6) is 17.4 Å². The molecule has 1 unspecified atom stereocenters. The highest BCUT2D eigenvalue weighted by atomic mass is 35.5. The number of amides is 1. The molecule has 0 bridgehead atoms. The number of likely N-dealkylation sites (tertiary alicyclic amines) is 1. The number of anilines is 2. The van der Waals surface area contributed by atoms with E-state index >= 15 is 0 Å². The largest absolute Gasteiger partial charge is 0.483 e. The lowest BCUT2D eigenvalue weighted by molar-refractivity contribution is -0.138. The standard InChI is InChI=1S/C26H26ClF3N6O3/c1-31-18-6-8-36(13-18)12-16-2-4-17(11-19(16)26(28,29)30)35-24(37)15-3-5-20(27)21(10-15)39-25-22-23(33-14-34-25)32-7-9-38-22/h2-5,10-11,14,18,31H,6-9,12-13H2,1H3,(H,35,37)(H,32,33,34). The summed E-state index contributed by atoms with van der Waals surface area (Å²) in [6, 6.07) is 8.39. The van der Waals surface area contributed by atoms with Crippen LogP contribution < -0.4 is 25.4 Å². The van der Waals surface area contributed by atoms with Gasteiger partial charge in [0.05, 0.1) is 17.1 Å². The summed E-state index contributed by atoms with van der Waals surface area (Å²) in [5, 5.41) is 8.98. The molecule has 1 atom stereocenters. The van der Waals surface area contributed by atoms with E-state index in [1.807, 2.05) is 11.9 Å². The van der Waals surface area contributed by atoms with Crippen LogP contribution in [0.3, 0.4) is 0 Å². The average molecular weight is 563 g/mol. The molecule has 1 fully saturated rings. The molecule has 1 amide bonds. The average Bonchev–Trinajstić information content (AvgIpc) is 3.38. The number of carbonyl (C=O) groups excluding carboxylic acids is 1. The lowest BCUT2D eigenvalue weighted by Crippen LogP contribution is -2.29. The Bertz CT molecular complexity index is 1370. The lowest BCUT2D eigenvalue weighted by Gasteiger charge is -2.20. The second kappa shape index (κ2) is 11.2. The minimum Gasteiger partial charge on any atom is -0.483 e. The molecule has 9 nitrogen and oxygen atoms in total. The Labute approximate surface area is 227 Å². The van der Waals surface area contributed by atoms with Crippen LogP contribution in [-0.4, -0.2) is 60.1 Å². The second-order valence-corrected chi connectivity index (χ2v) is 9.62. The highest BCUT2D eigenvalue weighted by molar-refractivity contribution is 6.32. The number of benzene rings is 2. The lowest BCUT2D eigenvalue weighted by atomic mass is 10.0. The van der Waals surface area contributed by atoms with Gasteiger partial charge in [-0.25, -0.2) is 4.98 Å². The van der Waals surface area contributed by atoms with Crippen LogP contribution in [0.15, 0.2) is 42.7 Å². The minimum atomic E-state index is -4.58. The molecule has 39 heavy (non-hydrogen) atoms. The normalized spacial score (nSPS) is 17.2. The number of fused-ring (bicyclic) bond motifs is 1. The van der Waals surface area contributed by atoms with E-state index in [1.165, 1.54) is 36.7 Å². The Morgan fingerprint density at radius 3 is 2.87 bits per heavy atom. The van der Waals surface area contributed by atoms with E-state index in [-0.39, 0.29) is 46.1 Å². The molecule has 206 valence electrons. The smallest absolute Gasteiger partial charge is 0.416 e. The zero-order chi connectivity index (χ0) is 27.6. The third-order valence-corrected chi connectivity index (χ3v) is 6.87. The maximum absolute atomic E-state index is 13.9. The van der Waals surface area contributed by atoms with Gasteiger partial charge in [-0.2, -0.15) is 18.2 Å². The van der Waals surface area contributed by atoms with E-state index in [0.717, 1.165) is 12.5 Å². The molecule has 1 aromatic heterocycles.